The SMILES string of the molecule is [CH2-]C1[C-]=C(C)CCC1.[CH]1[CH][CH][CH][CH]1.[CH]1[CH][CH][CH][CH]1.[Ti+2]. The van der Waals surface area contributed by atoms with Crippen molar-refractivity contribution in [3.8, 4) is 0 Å². The molecule has 2 fully saturated rings. The maximum absolute atomic E-state index is 3.92. The van der Waals surface area contributed by atoms with Crippen molar-refractivity contribution in [2.24, 2.45) is 5.92 Å². The van der Waals surface area contributed by atoms with Crippen LogP contribution in [0.15, 0.2) is 5.57 Å². The van der Waals surface area contributed by atoms with Crippen LogP contribution in [0.3, 0.4) is 0 Å². The number of hydrogen-bond donors (Lipinski definition) is 0. The Balaban J connectivity index is 0.000000259. The first kappa shape index (κ1) is 19.5. The first-order valence-electron chi connectivity index (χ1n) is 6.54. The van der Waals surface area contributed by atoms with Crippen LogP contribution in [0.4, 0.5) is 0 Å². The first-order valence-corrected chi connectivity index (χ1v) is 6.54. The van der Waals surface area contributed by atoms with Crippen molar-refractivity contribution in [3.63, 3.8) is 0 Å². The minimum absolute atomic E-state index is 0. The second kappa shape index (κ2) is 13.4. The fourth-order valence-corrected chi connectivity index (χ4v) is 1.75. The van der Waals surface area contributed by atoms with E-state index in [0.717, 1.165) is 0 Å². The molecule has 0 aromatic rings. The Morgan fingerprint density at radius 3 is 1.47 bits per heavy atom. The van der Waals surface area contributed by atoms with Gasteiger partial charge in [-0.1, -0.05) is 19.8 Å². The number of allylic oxidation sites excluding steroid dienone is 2. The maximum Gasteiger partial charge on any atom is 2.00 e. The fourth-order valence-electron chi connectivity index (χ4n) is 1.75. The third-order valence-electron chi connectivity index (χ3n) is 2.67. The summed E-state index contributed by atoms with van der Waals surface area (Å²) in [6.45, 7) is 6.05. The monoisotopic (exact) mass is 286 g/mol. The molecule has 0 aromatic heterocycles. The number of rotatable bonds is 0. The van der Waals surface area contributed by atoms with E-state index < -0.39 is 0 Å². The standard InChI is InChI=1S/C8H12.2C5H5.Ti/c1-7-4-3-5-8(2)6-7;2*1-2-4-5-3-1;/h7H,1,3-5H2,2H3;2*1-5H;/q-2;;;+2. The van der Waals surface area contributed by atoms with E-state index >= 15 is 0 Å². The van der Waals surface area contributed by atoms with Crippen molar-refractivity contribution in [2.75, 3.05) is 0 Å². The molecule has 1 atom stereocenters. The first-order chi connectivity index (χ1) is 8.79. The van der Waals surface area contributed by atoms with E-state index in [-0.39, 0.29) is 21.7 Å². The Hall–Kier alpha value is 0.454. The van der Waals surface area contributed by atoms with Gasteiger partial charge in [0.15, 0.2) is 0 Å². The molecule has 19 heavy (non-hydrogen) atoms. The molecule has 1 heteroatoms. The molecule has 3 aliphatic rings. The smallest absolute Gasteiger partial charge is 0.525 e. The van der Waals surface area contributed by atoms with Crippen molar-refractivity contribution in [2.45, 2.75) is 26.2 Å². The van der Waals surface area contributed by atoms with Crippen molar-refractivity contribution in [1.82, 2.24) is 0 Å². The Morgan fingerprint density at radius 1 is 0.895 bits per heavy atom. The molecule has 3 rings (SSSR count). The molecule has 0 spiro atoms. The van der Waals surface area contributed by atoms with Crippen LogP contribution in [-0.2, 0) is 21.7 Å². The van der Waals surface area contributed by atoms with E-state index in [1.54, 1.807) is 0 Å². The van der Waals surface area contributed by atoms with Gasteiger partial charge in [-0.25, -0.2) is 0 Å². The maximum atomic E-state index is 3.92. The third kappa shape index (κ3) is 11.9. The zero-order valence-electron chi connectivity index (χ0n) is 11.7. The van der Waals surface area contributed by atoms with Crippen LogP contribution < -0.4 is 0 Å². The minimum Gasteiger partial charge on any atom is -0.525 e. The molecule has 10 radical (unpaired) electrons. The summed E-state index contributed by atoms with van der Waals surface area (Å²) in [5.74, 6) is 0.476. The van der Waals surface area contributed by atoms with Gasteiger partial charge in [0.25, 0.3) is 0 Å². The second-order valence-corrected chi connectivity index (χ2v) is 4.44. The van der Waals surface area contributed by atoms with Gasteiger partial charge in [0.05, 0.1) is 0 Å². The van der Waals surface area contributed by atoms with Gasteiger partial charge in [0.2, 0.25) is 0 Å². The molecule has 0 aromatic carbocycles. The minimum atomic E-state index is 0. The van der Waals surface area contributed by atoms with E-state index in [0.29, 0.717) is 5.92 Å². The molecule has 0 nitrogen and oxygen atoms in total. The molecular weight excluding hydrogens is 264 g/mol. The molecule has 0 heterocycles. The molecule has 0 amide bonds. The fraction of sp³-hybridized carbons (Fsp3) is 0.278. The predicted octanol–water partition coefficient (Wildman–Crippen LogP) is 4.41. The van der Waals surface area contributed by atoms with Gasteiger partial charge in [-0.2, -0.15) is 0 Å². The summed E-state index contributed by atoms with van der Waals surface area (Å²) < 4.78 is 0. The van der Waals surface area contributed by atoms with Crippen LogP contribution in [0.2, 0.25) is 0 Å². The van der Waals surface area contributed by atoms with Gasteiger partial charge >= 0.3 is 21.7 Å². The quantitative estimate of drug-likeness (QED) is 0.457. The molecule has 0 bridgehead atoms. The Labute approximate surface area is 136 Å². The predicted molar refractivity (Wildman–Crippen MR) is 78.1 cm³/mol. The van der Waals surface area contributed by atoms with Crippen LogP contribution in [0.25, 0.3) is 0 Å². The summed E-state index contributed by atoms with van der Waals surface area (Å²) in [6.07, 6.45) is 27.1. The van der Waals surface area contributed by atoms with Gasteiger partial charge in [-0.3, -0.25) is 5.57 Å². The summed E-state index contributed by atoms with van der Waals surface area (Å²) >= 11 is 0. The van der Waals surface area contributed by atoms with E-state index in [2.05, 4.69) is 19.9 Å². The third-order valence-corrected chi connectivity index (χ3v) is 2.67. The molecular formula is C18H22Ti. The largest absolute Gasteiger partial charge is 2.00 e. The van der Waals surface area contributed by atoms with Crippen molar-refractivity contribution < 1.29 is 21.7 Å². The molecule has 98 valence electrons. The van der Waals surface area contributed by atoms with Gasteiger partial charge in [0, 0.05) is 0 Å². The van der Waals surface area contributed by atoms with Gasteiger partial charge in [-0.05, 0) is 64.2 Å². The molecule has 0 saturated heterocycles. The topological polar surface area (TPSA) is 0 Å². The van der Waals surface area contributed by atoms with Crippen LogP contribution in [0.1, 0.15) is 26.2 Å². The Morgan fingerprint density at radius 2 is 1.26 bits per heavy atom. The molecule has 0 N–H and O–H groups in total. The molecule has 0 aliphatic heterocycles. The van der Waals surface area contributed by atoms with Gasteiger partial charge < -0.3 is 18.9 Å². The van der Waals surface area contributed by atoms with Crippen molar-refractivity contribution in [1.29, 1.82) is 0 Å². The molecule has 2 saturated carbocycles. The van der Waals surface area contributed by atoms with Crippen LogP contribution in [0, 0.1) is 83.1 Å². The van der Waals surface area contributed by atoms with Gasteiger partial charge in [-0.15, -0.1) is 6.42 Å². The van der Waals surface area contributed by atoms with Crippen molar-refractivity contribution in [3.05, 3.63) is 82.8 Å². The number of hydrogen-bond acceptors (Lipinski definition) is 0. The van der Waals surface area contributed by atoms with Gasteiger partial charge in [0.1, 0.15) is 0 Å². The van der Waals surface area contributed by atoms with Crippen LogP contribution >= 0.6 is 0 Å². The van der Waals surface area contributed by atoms with E-state index in [9.17, 15) is 0 Å². The van der Waals surface area contributed by atoms with E-state index in [4.69, 9.17) is 0 Å². The summed E-state index contributed by atoms with van der Waals surface area (Å²) in [4.78, 5) is 0. The van der Waals surface area contributed by atoms with E-state index in [1.807, 2.05) is 64.2 Å². The average molecular weight is 286 g/mol. The Bertz CT molecular complexity index is 187. The van der Waals surface area contributed by atoms with Crippen LogP contribution in [-0.4, -0.2) is 0 Å². The van der Waals surface area contributed by atoms with E-state index in [1.165, 1.54) is 24.8 Å². The summed E-state index contributed by atoms with van der Waals surface area (Å²) in [5, 5.41) is 0. The molecule has 1 unspecified atom stereocenters. The average Bonchev–Trinajstić information content (AvgIpc) is 3.09. The van der Waals surface area contributed by atoms with Crippen molar-refractivity contribution >= 4 is 0 Å². The zero-order valence-corrected chi connectivity index (χ0v) is 13.2. The molecule has 3 aliphatic carbocycles. The zero-order chi connectivity index (χ0) is 13.1. The normalized spacial score (nSPS) is 25.2. The second-order valence-electron chi connectivity index (χ2n) is 4.44. The Kier molecular flexibility index (Phi) is 13.8. The summed E-state index contributed by atoms with van der Waals surface area (Å²) in [7, 11) is 0. The van der Waals surface area contributed by atoms with Crippen LogP contribution in [0.5, 0.6) is 0 Å². The summed E-state index contributed by atoms with van der Waals surface area (Å²) in [5.41, 5.74) is 1.40. The summed E-state index contributed by atoms with van der Waals surface area (Å²) in [6, 6.07) is 0.